The molecular weight excluding hydrogens is 404 g/mol. The van der Waals surface area contributed by atoms with Crippen LogP contribution in [0.25, 0.3) is 10.9 Å². The molecule has 3 aromatic heterocycles. The van der Waals surface area contributed by atoms with Crippen LogP contribution < -0.4 is 11.0 Å². The molecule has 4 aromatic rings. The number of fused-ring (bicyclic) bond motifs is 2. The largest absolute Gasteiger partial charge is 0.361 e. The van der Waals surface area contributed by atoms with Crippen molar-refractivity contribution >= 4 is 16.8 Å². The standard InChI is InChI=1S/C24H26N6O2/c31-23(10-7-18-15-26-21-6-2-1-5-20(18)21)27-19-8-9-22-28-30(24(32)29(22)13-11-19)16-17-4-3-12-25-14-17/h1-6,12,14-15,19,26H,7-11,13,16H2,(H,27,31). The van der Waals surface area contributed by atoms with Gasteiger partial charge in [0.15, 0.2) is 0 Å². The first-order valence-corrected chi connectivity index (χ1v) is 11.1. The zero-order valence-corrected chi connectivity index (χ0v) is 17.8. The number of nitrogens with zero attached hydrogens (tertiary/aromatic N) is 4. The average molecular weight is 431 g/mol. The molecule has 0 radical (unpaired) electrons. The first-order chi connectivity index (χ1) is 15.7. The Morgan fingerprint density at radius 1 is 1.19 bits per heavy atom. The molecule has 0 aliphatic carbocycles. The monoisotopic (exact) mass is 430 g/mol. The van der Waals surface area contributed by atoms with Crippen LogP contribution in [0.3, 0.4) is 0 Å². The number of benzene rings is 1. The van der Waals surface area contributed by atoms with Crippen LogP contribution >= 0.6 is 0 Å². The summed E-state index contributed by atoms with van der Waals surface area (Å²) < 4.78 is 3.25. The van der Waals surface area contributed by atoms with E-state index in [2.05, 4.69) is 26.4 Å². The number of aryl methyl sites for hydroxylation is 2. The molecule has 0 spiro atoms. The highest BCUT2D eigenvalue weighted by atomic mass is 16.2. The van der Waals surface area contributed by atoms with Crippen LogP contribution in [0.15, 0.2) is 59.8 Å². The van der Waals surface area contributed by atoms with Crippen LogP contribution in [0.1, 0.15) is 36.2 Å². The number of aromatic amines is 1. The average Bonchev–Trinajstić information content (AvgIpc) is 3.28. The van der Waals surface area contributed by atoms with E-state index in [-0.39, 0.29) is 17.6 Å². The van der Waals surface area contributed by atoms with Crippen LogP contribution in [-0.2, 0) is 30.7 Å². The highest BCUT2D eigenvalue weighted by molar-refractivity contribution is 5.84. The molecule has 1 aliphatic heterocycles. The molecule has 0 bridgehead atoms. The van der Waals surface area contributed by atoms with Crippen LogP contribution in [0.2, 0.25) is 0 Å². The molecule has 4 heterocycles. The van der Waals surface area contributed by atoms with Gasteiger partial charge in [-0.2, -0.15) is 5.10 Å². The van der Waals surface area contributed by atoms with Gasteiger partial charge in [0.05, 0.1) is 6.54 Å². The van der Waals surface area contributed by atoms with Gasteiger partial charge in [-0.3, -0.25) is 14.3 Å². The first-order valence-electron chi connectivity index (χ1n) is 11.1. The second-order valence-electron chi connectivity index (χ2n) is 8.32. The molecular formula is C24H26N6O2. The Hall–Kier alpha value is -3.68. The number of hydrogen-bond donors (Lipinski definition) is 2. The molecule has 5 rings (SSSR count). The van der Waals surface area contributed by atoms with E-state index in [1.165, 1.54) is 10.1 Å². The number of hydrogen-bond acceptors (Lipinski definition) is 4. The molecule has 8 heteroatoms. The van der Waals surface area contributed by atoms with Gasteiger partial charge in [0, 0.05) is 54.9 Å². The van der Waals surface area contributed by atoms with Crippen LogP contribution in [0, 0.1) is 0 Å². The van der Waals surface area contributed by atoms with Gasteiger partial charge in [-0.05, 0) is 42.5 Å². The van der Waals surface area contributed by atoms with Crippen molar-refractivity contribution in [2.24, 2.45) is 0 Å². The summed E-state index contributed by atoms with van der Waals surface area (Å²) in [6.07, 6.45) is 8.76. The summed E-state index contributed by atoms with van der Waals surface area (Å²) in [5.41, 5.74) is 3.10. The smallest absolute Gasteiger partial charge is 0.346 e. The predicted molar refractivity (Wildman–Crippen MR) is 121 cm³/mol. The minimum Gasteiger partial charge on any atom is -0.361 e. The van der Waals surface area contributed by atoms with Gasteiger partial charge in [-0.1, -0.05) is 24.3 Å². The number of aromatic nitrogens is 5. The Morgan fingerprint density at radius 2 is 2.09 bits per heavy atom. The summed E-state index contributed by atoms with van der Waals surface area (Å²) in [4.78, 5) is 32.7. The highest BCUT2D eigenvalue weighted by Crippen LogP contribution is 2.19. The number of amides is 1. The van der Waals surface area contributed by atoms with Crippen molar-refractivity contribution in [3.05, 3.63) is 82.4 Å². The zero-order chi connectivity index (χ0) is 21.9. The first kappa shape index (κ1) is 20.2. The molecule has 1 aromatic carbocycles. The lowest BCUT2D eigenvalue weighted by Crippen LogP contribution is -2.36. The lowest BCUT2D eigenvalue weighted by molar-refractivity contribution is -0.121. The summed E-state index contributed by atoms with van der Waals surface area (Å²) >= 11 is 0. The number of H-pyrrole nitrogens is 1. The van der Waals surface area contributed by atoms with Gasteiger partial charge in [-0.25, -0.2) is 9.48 Å². The van der Waals surface area contributed by atoms with Crippen molar-refractivity contribution in [2.45, 2.75) is 51.2 Å². The molecule has 8 nitrogen and oxygen atoms in total. The van der Waals surface area contributed by atoms with Crippen LogP contribution in [0.4, 0.5) is 0 Å². The molecule has 164 valence electrons. The fourth-order valence-electron chi connectivity index (χ4n) is 4.43. The fraction of sp³-hybridized carbons (Fsp3) is 0.333. The Morgan fingerprint density at radius 3 is 2.97 bits per heavy atom. The molecule has 1 aliphatic rings. The number of carbonyl (C=O) groups is 1. The molecule has 32 heavy (non-hydrogen) atoms. The molecule has 0 saturated heterocycles. The molecule has 0 fully saturated rings. The molecule has 1 atom stereocenters. The van der Waals surface area contributed by atoms with E-state index < -0.39 is 0 Å². The Bertz CT molecular complexity index is 1290. The number of nitrogens with one attached hydrogen (secondary N) is 2. The van der Waals surface area contributed by atoms with E-state index in [1.807, 2.05) is 36.5 Å². The second kappa shape index (κ2) is 8.82. The number of rotatable bonds is 6. The Labute approximate surface area is 185 Å². The van der Waals surface area contributed by atoms with Gasteiger partial charge >= 0.3 is 5.69 Å². The van der Waals surface area contributed by atoms with Crippen molar-refractivity contribution in [3.8, 4) is 0 Å². The maximum Gasteiger partial charge on any atom is 0.346 e. The molecule has 1 unspecified atom stereocenters. The zero-order valence-electron chi connectivity index (χ0n) is 17.8. The van der Waals surface area contributed by atoms with Gasteiger partial charge in [0.1, 0.15) is 5.82 Å². The SMILES string of the molecule is O=C(CCc1c[nH]c2ccccc12)NC1CCc2nn(Cc3cccnc3)c(=O)n2CC1. The van der Waals surface area contributed by atoms with Crippen molar-refractivity contribution in [1.82, 2.24) is 29.6 Å². The quantitative estimate of drug-likeness (QED) is 0.491. The van der Waals surface area contributed by atoms with Crippen molar-refractivity contribution in [1.29, 1.82) is 0 Å². The van der Waals surface area contributed by atoms with Gasteiger partial charge in [0.2, 0.25) is 5.91 Å². The van der Waals surface area contributed by atoms with Crippen molar-refractivity contribution < 1.29 is 4.79 Å². The van der Waals surface area contributed by atoms with Crippen LogP contribution in [-0.4, -0.2) is 36.3 Å². The van der Waals surface area contributed by atoms with E-state index in [9.17, 15) is 9.59 Å². The fourth-order valence-corrected chi connectivity index (χ4v) is 4.43. The summed E-state index contributed by atoms with van der Waals surface area (Å²) in [5, 5.41) is 8.87. The number of para-hydroxylation sites is 1. The Kier molecular flexibility index (Phi) is 5.58. The summed E-state index contributed by atoms with van der Waals surface area (Å²) in [6.45, 7) is 0.981. The van der Waals surface area contributed by atoms with Gasteiger partial charge < -0.3 is 10.3 Å². The number of carbonyl (C=O) groups excluding carboxylic acids is 1. The van der Waals surface area contributed by atoms with E-state index in [0.717, 1.165) is 35.3 Å². The van der Waals surface area contributed by atoms with E-state index in [0.29, 0.717) is 32.4 Å². The Balaban J connectivity index is 1.17. The van der Waals surface area contributed by atoms with E-state index in [4.69, 9.17) is 0 Å². The van der Waals surface area contributed by atoms with Gasteiger partial charge in [0.25, 0.3) is 0 Å². The van der Waals surface area contributed by atoms with E-state index >= 15 is 0 Å². The van der Waals surface area contributed by atoms with Crippen molar-refractivity contribution in [3.63, 3.8) is 0 Å². The summed E-state index contributed by atoms with van der Waals surface area (Å²) in [5.74, 6) is 0.836. The topological polar surface area (TPSA) is 97.6 Å². The third-order valence-electron chi connectivity index (χ3n) is 6.13. The highest BCUT2D eigenvalue weighted by Gasteiger charge is 2.22. The van der Waals surface area contributed by atoms with E-state index in [1.54, 1.807) is 17.0 Å². The minimum absolute atomic E-state index is 0.0498. The predicted octanol–water partition coefficient (Wildman–Crippen LogP) is 2.42. The van der Waals surface area contributed by atoms with Crippen LogP contribution in [0.5, 0.6) is 0 Å². The van der Waals surface area contributed by atoms with Gasteiger partial charge in [-0.15, -0.1) is 0 Å². The summed E-state index contributed by atoms with van der Waals surface area (Å²) in [6, 6.07) is 12.0. The maximum absolute atomic E-state index is 12.8. The molecule has 0 saturated carbocycles. The summed E-state index contributed by atoms with van der Waals surface area (Å²) in [7, 11) is 0. The third kappa shape index (κ3) is 4.21. The lowest BCUT2D eigenvalue weighted by atomic mass is 10.1. The minimum atomic E-state index is -0.102. The molecule has 2 N–H and O–H groups in total. The second-order valence-corrected chi connectivity index (χ2v) is 8.32. The maximum atomic E-state index is 12.8. The third-order valence-corrected chi connectivity index (χ3v) is 6.13. The normalized spacial score (nSPS) is 15.9. The lowest BCUT2D eigenvalue weighted by Gasteiger charge is -2.16. The van der Waals surface area contributed by atoms with Crippen molar-refractivity contribution in [2.75, 3.05) is 0 Å². The molecule has 1 amide bonds. The number of pyridine rings is 1.